The van der Waals surface area contributed by atoms with Gasteiger partial charge in [0.2, 0.25) is 0 Å². The predicted molar refractivity (Wildman–Crippen MR) is 167 cm³/mol. The zero-order chi connectivity index (χ0) is 26.1. The van der Waals surface area contributed by atoms with Gasteiger partial charge in [-0.25, -0.2) is 4.98 Å². The van der Waals surface area contributed by atoms with E-state index in [4.69, 9.17) is 4.98 Å². The summed E-state index contributed by atoms with van der Waals surface area (Å²) in [6.45, 7) is 2.87. The highest BCUT2D eigenvalue weighted by molar-refractivity contribution is 6.33. The quantitative estimate of drug-likeness (QED) is 0.160. The van der Waals surface area contributed by atoms with Crippen molar-refractivity contribution < 1.29 is 0 Å². The van der Waals surface area contributed by atoms with Gasteiger partial charge in [-0.3, -0.25) is 0 Å². The Bertz CT molecular complexity index is 2220. The van der Waals surface area contributed by atoms with Crippen LogP contribution in [0.4, 0.5) is 5.69 Å². The van der Waals surface area contributed by atoms with E-state index >= 15 is 0 Å². The van der Waals surface area contributed by atoms with Crippen LogP contribution < -0.4 is 10.8 Å². The Kier molecular flexibility index (Phi) is 4.68. The van der Waals surface area contributed by atoms with Crippen LogP contribution in [0, 0.1) is 6.92 Å². The summed E-state index contributed by atoms with van der Waals surface area (Å²) in [4.78, 5) is 15.7. The fraction of sp³-hybridized carbons (Fsp3) is 0.0606. The first kappa shape index (κ1) is 22.1. The Morgan fingerprint density at radius 2 is 1.54 bits per heavy atom. The van der Waals surface area contributed by atoms with Gasteiger partial charge in [-0.2, -0.15) is 0 Å². The minimum atomic E-state index is 0.745. The van der Waals surface area contributed by atoms with E-state index < -0.39 is 0 Å². The van der Waals surface area contributed by atoms with E-state index in [1.165, 1.54) is 49.0 Å². The molecule has 0 aliphatic carbocycles. The molecule has 0 aliphatic heterocycles. The van der Waals surface area contributed by atoms with E-state index in [1.807, 2.05) is 0 Å². The van der Waals surface area contributed by atoms with Crippen molar-refractivity contribution >= 4 is 73.4 Å². The maximum absolute atomic E-state index is 5.17. The van der Waals surface area contributed by atoms with Crippen molar-refractivity contribution in [1.82, 2.24) is 19.9 Å². The van der Waals surface area contributed by atoms with Crippen LogP contribution in [0.5, 0.6) is 0 Å². The van der Waals surface area contributed by atoms with Crippen LogP contribution in [-0.4, -0.2) is 27.8 Å². The van der Waals surface area contributed by atoms with Crippen LogP contribution in [0.1, 0.15) is 11.1 Å². The number of aryl methyl sites for hydroxylation is 1. The highest BCUT2D eigenvalue weighted by atomic mass is 14.9. The lowest BCUT2D eigenvalue weighted by Gasteiger charge is -2.10. The minimum absolute atomic E-state index is 0.745. The molecule has 0 saturated heterocycles. The van der Waals surface area contributed by atoms with Gasteiger partial charge >= 0.3 is 0 Å². The van der Waals surface area contributed by atoms with Gasteiger partial charge in [0.25, 0.3) is 0 Å². The van der Waals surface area contributed by atoms with Gasteiger partial charge in [-0.15, -0.1) is 0 Å². The van der Waals surface area contributed by atoms with Gasteiger partial charge in [0, 0.05) is 62.8 Å². The number of hydrogen-bond acceptors (Lipinski definition) is 2. The van der Waals surface area contributed by atoms with E-state index in [1.54, 1.807) is 0 Å². The van der Waals surface area contributed by atoms with Crippen LogP contribution in [0.15, 0.2) is 91.3 Å². The molecule has 0 bridgehead atoms. The molecule has 6 heteroatoms. The zero-order valence-electron chi connectivity index (χ0n) is 21.8. The minimum Gasteiger partial charge on any atom is -0.381 e. The maximum Gasteiger partial charge on any atom is 0.140 e. The van der Waals surface area contributed by atoms with Crippen molar-refractivity contribution in [3.05, 3.63) is 102 Å². The Labute approximate surface area is 225 Å². The molecule has 5 aromatic carbocycles. The van der Waals surface area contributed by atoms with E-state index in [0.29, 0.717) is 0 Å². The summed E-state index contributed by atoms with van der Waals surface area (Å²) in [6.07, 6.45) is 4.16. The summed E-state index contributed by atoms with van der Waals surface area (Å²) in [7, 11) is 2.14. The molecule has 5 nitrogen and oxygen atoms in total. The molecular weight excluding hydrogens is 477 g/mol. The normalized spacial score (nSPS) is 11.9. The summed E-state index contributed by atoms with van der Waals surface area (Å²) in [5.74, 6) is 0.882. The molecule has 0 saturated carbocycles. The molecule has 0 radical (unpaired) electrons. The number of benzene rings is 5. The lowest BCUT2D eigenvalue weighted by molar-refractivity contribution is 1.16. The number of aromatic nitrogens is 4. The zero-order valence-corrected chi connectivity index (χ0v) is 21.8. The number of imidazole rings is 1. The number of fused-ring (bicyclic) bond motifs is 8. The van der Waals surface area contributed by atoms with Crippen molar-refractivity contribution in [2.45, 2.75) is 13.5 Å². The molecule has 0 aliphatic rings. The van der Waals surface area contributed by atoms with Crippen LogP contribution in [-0.2, 0) is 6.54 Å². The molecule has 8 aromatic rings. The van der Waals surface area contributed by atoms with Crippen LogP contribution in [0.25, 0.3) is 65.8 Å². The Morgan fingerprint density at radius 3 is 2.46 bits per heavy atom. The van der Waals surface area contributed by atoms with Crippen LogP contribution >= 0.6 is 0 Å². The molecule has 8 rings (SSSR count). The van der Waals surface area contributed by atoms with Crippen molar-refractivity contribution in [2.75, 3.05) is 5.32 Å². The number of hydrogen-bond donors (Lipinski definition) is 4. The number of nitrogens with one attached hydrogen (secondary N) is 4. The first-order valence-corrected chi connectivity index (χ1v) is 13.4. The summed E-state index contributed by atoms with van der Waals surface area (Å²) in [6, 6.07) is 28.3. The summed E-state index contributed by atoms with van der Waals surface area (Å²) in [5, 5.41) is 10.9. The van der Waals surface area contributed by atoms with Crippen LogP contribution in [0.3, 0.4) is 0 Å². The average Bonchev–Trinajstić information content (AvgIpc) is 3.68. The number of aromatic amines is 3. The van der Waals surface area contributed by atoms with Gasteiger partial charge in [0.1, 0.15) is 13.7 Å². The fourth-order valence-electron chi connectivity index (χ4n) is 5.98. The number of anilines is 1. The van der Waals surface area contributed by atoms with E-state index in [9.17, 15) is 0 Å². The third-order valence-corrected chi connectivity index (χ3v) is 7.96. The Hall–Kier alpha value is -4.97. The standard InChI is InChI=1S/C33H26BN5/c1-18-6-10-30-26(12-18)28(17-37-30)33-38-31-24-5-3-2-4-22(24)23-9-8-21(14-27(23)32(31)39-33)35-15-19-16-36-29-11-7-20(34)13-25(19)29/h2-14,16-17,35-37H,15,34H2,1H3,(H,38,39). The molecule has 4 N–H and O–H groups in total. The largest absolute Gasteiger partial charge is 0.381 e. The molecule has 39 heavy (non-hydrogen) atoms. The summed E-state index contributed by atoms with van der Waals surface area (Å²) < 4.78 is 0. The molecule has 3 heterocycles. The fourth-order valence-corrected chi connectivity index (χ4v) is 5.98. The average molecular weight is 503 g/mol. The number of nitrogens with zero attached hydrogens (tertiary/aromatic N) is 1. The topological polar surface area (TPSA) is 72.3 Å². The highest BCUT2D eigenvalue weighted by Gasteiger charge is 2.16. The van der Waals surface area contributed by atoms with Gasteiger partial charge in [-0.05, 0) is 53.6 Å². The van der Waals surface area contributed by atoms with Gasteiger partial charge < -0.3 is 20.3 Å². The molecule has 0 unspecified atom stereocenters. The second kappa shape index (κ2) is 8.27. The van der Waals surface area contributed by atoms with Crippen molar-refractivity contribution in [3.8, 4) is 11.4 Å². The predicted octanol–water partition coefficient (Wildman–Crippen LogP) is 6.68. The highest BCUT2D eigenvalue weighted by Crippen LogP contribution is 2.38. The monoisotopic (exact) mass is 503 g/mol. The first-order valence-electron chi connectivity index (χ1n) is 13.4. The molecule has 0 amide bonds. The lowest BCUT2D eigenvalue weighted by atomic mass is 9.94. The number of H-pyrrole nitrogens is 3. The molecular formula is C33H26BN5. The van der Waals surface area contributed by atoms with E-state index in [2.05, 4.69) is 126 Å². The Morgan fingerprint density at radius 1 is 0.744 bits per heavy atom. The van der Waals surface area contributed by atoms with Crippen molar-refractivity contribution in [1.29, 1.82) is 0 Å². The van der Waals surface area contributed by atoms with Gasteiger partial charge in [0.05, 0.1) is 11.0 Å². The SMILES string of the molecule is Bc1ccc2[nH]cc(CNc3ccc4c5ccccc5c5nc(-c6c[nH]c7ccc(C)cc67)[nH]c5c4c3)c2c1. The maximum atomic E-state index is 5.17. The summed E-state index contributed by atoms with van der Waals surface area (Å²) in [5.41, 5.74) is 10.3. The van der Waals surface area contributed by atoms with Gasteiger partial charge in [-0.1, -0.05) is 59.6 Å². The molecule has 0 fully saturated rings. The van der Waals surface area contributed by atoms with Crippen molar-refractivity contribution in [2.24, 2.45) is 0 Å². The third kappa shape index (κ3) is 3.45. The van der Waals surface area contributed by atoms with Crippen molar-refractivity contribution in [3.63, 3.8) is 0 Å². The molecule has 0 spiro atoms. The van der Waals surface area contributed by atoms with E-state index in [0.717, 1.165) is 45.6 Å². The Balaban J connectivity index is 1.28. The lowest BCUT2D eigenvalue weighted by Crippen LogP contribution is -2.02. The second-order valence-corrected chi connectivity index (χ2v) is 10.6. The van der Waals surface area contributed by atoms with E-state index in [-0.39, 0.29) is 0 Å². The summed E-state index contributed by atoms with van der Waals surface area (Å²) >= 11 is 0. The third-order valence-electron chi connectivity index (χ3n) is 7.96. The smallest absolute Gasteiger partial charge is 0.140 e. The molecule has 186 valence electrons. The molecule has 0 atom stereocenters. The first-order chi connectivity index (χ1) is 19.1. The number of rotatable bonds is 4. The van der Waals surface area contributed by atoms with Gasteiger partial charge in [0.15, 0.2) is 0 Å². The van der Waals surface area contributed by atoms with Crippen LogP contribution in [0.2, 0.25) is 0 Å². The second-order valence-electron chi connectivity index (χ2n) is 10.6. The molecule has 3 aromatic heterocycles.